The van der Waals surface area contributed by atoms with E-state index in [2.05, 4.69) is 5.32 Å². The zero-order valence-electron chi connectivity index (χ0n) is 5.03. The molecule has 10 heavy (non-hydrogen) atoms. The standard InChI is InChI=1S/C6H5NO3/c8-3-7-6-4(9)1-2-5(6)10/h1-3,6H,(H,7,8). The Kier molecular flexibility index (Phi) is 1.62. The summed E-state index contributed by atoms with van der Waals surface area (Å²) in [6.07, 6.45) is 2.65. The van der Waals surface area contributed by atoms with E-state index in [1.165, 1.54) is 0 Å². The largest absolute Gasteiger partial charge is 0.342 e. The van der Waals surface area contributed by atoms with Gasteiger partial charge in [0.05, 0.1) is 0 Å². The van der Waals surface area contributed by atoms with Crippen LogP contribution in [-0.4, -0.2) is 24.0 Å². The van der Waals surface area contributed by atoms with Gasteiger partial charge in [0.1, 0.15) is 0 Å². The first-order valence-corrected chi connectivity index (χ1v) is 2.71. The molecule has 1 amide bonds. The number of carbonyl (C=O) groups is 3. The number of ketones is 2. The van der Waals surface area contributed by atoms with E-state index >= 15 is 0 Å². The summed E-state index contributed by atoms with van der Waals surface area (Å²) >= 11 is 0. The molecule has 0 aliphatic heterocycles. The first-order valence-electron chi connectivity index (χ1n) is 2.71. The Labute approximate surface area is 56.9 Å². The monoisotopic (exact) mass is 139 g/mol. The molecule has 0 bridgehead atoms. The van der Waals surface area contributed by atoms with Crippen molar-refractivity contribution in [3.05, 3.63) is 12.2 Å². The van der Waals surface area contributed by atoms with Crippen LogP contribution in [0.3, 0.4) is 0 Å². The van der Waals surface area contributed by atoms with E-state index in [9.17, 15) is 14.4 Å². The summed E-state index contributed by atoms with van der Waals surface area (Å²) in [6, 6.07) is -0.961. The molecule has 0 aromatic heterocycles. The highest BCUT2D eigenvalue weighted by molar-refractivity contribution is 6.22. The predicted octanol–water partition coefficient (Wildman–Crippen LogP) is -1.19. The first kappa shape index (κ1) is 6.67. The van der Waals surface area contributed by atoms with E-state index in [4.69, 9.17) is 0 Å². The fraction of sp³-hybridized carbons (Fsp3) is 0.167. The average molecular weight is 139 g/mol. The van der Waals surface area contributed by atoms with Crippen LogP contribution < -0.4 is 5.32 Å². The van der Waals surface area contributed by atoms with Crippen LogP contribution in [-0.2, 0) is 14.4 Å². The molecule has 1 aliphatic rings. The highest BCUT2D eigenvalue weighted by atomic mass is 16.2. The molecule has 52 valence electrons. The highest BCUT2D eigenvalue weighted by Crippen LogP contribution is 1.99. The van der Waals surface area contributed by atoms with Gasteiger partial charge in [0.2, 0.25) is 6.41 Å². The SMILES string of the molecule is O=CNC1C(=O)C=CC1=O. The maximum absolute atomic E-state index is 10.6. The molecular formula is C6H5NO3. The Hall–Kier alpha value is -1.45. The summed E-state index contributed by atoms with van der Waals surface area (Å²) in [5.74, 6) is -0.728. The molecule has 1 N–H and O–H groups in total. The van der Waals surface area contributed by atoms with Crippen molar-refractivity contribution in [2.75, 3.05) is 0 Å². The van der Waals surface area contributed by atoms with E-state index in [1.807, 2.05) is 0 Å². The summed E-state index contributed by atoms with van der Waals surface area (Å²) in [6.45, 7) is 0. The van der Waals surface area contributed by atoms with Crippen LogP contribution in [0, 0.1) is 0 Å². The van der Waals surface area contributed by atoms with Gasteiger partial charge in [0.15, 0.2) is 17.6 Å². The van der Waals surface area contributed by atoms with E-state index in [-0.39, 0.29) is 11.6 Å². The van der Waals surface area contributed by atoms with Crippen LogP contribution in [0.4, 0.5) is 0 Å². The topological polar surface area (TPSA) is 63.2 Å². The minimum Gasteiger partial charge on any atom is -0.342 e. The lowest BCUT2D eigenvalue weighted by Crippen LogP contribution is -2.37. The molecule has 1 aliphatic carbocycles. The second-order valence-corrected chi connectivity index (χ2v) is 1.86. The summed E-state index contributed by atoms with van der Waals surface area (Å²) < 4.78 is 0. The quantitative estimate of drug-likeness (QED) is 0.386. The van der Waals surface area contributed by atoms with Crippen LogP contribution in [0.1, 0.15) is 0 Å². The van der Waals surface area contributed by atoms with E-state index in [0.29, 0.717) is 6.41 Å². The average Bonchev–Trinajstić information content (AvgIpc) is 2.20. The zero-order valence-corrected chi connectivity index (χ0v) is 5.03. The maximum Gasteiger partial charge on any atom is 0.208 e. The molecule has 1 rings (SSSR count). The number of nitrogens with one attached hydrogen (secondary N) is 1. The van der Waals surface area contributed by atoms with Crippen molar-refractivity contribution >= 4 is 18.0 Å². The molecule has 0 aromatic rings. The molecule has 0 aromatic carbocycles. The molecule has 0 radical (unpaired) electrons. The third kappa shape index (κ3) is 0.953. The van der Waals surface area contributed by atoms with Crippen LogP contribution in [0.5, 0.6) is 0 Å². The third-order valence-electron chi connectivity index (χ3n) is 1.22. The number of hydrogen-bond acceptors (Lipinski definition) is 3. The number of carbonyl (C=O) groups excluding carboxylic acids is 3. The van der Waals surface area contributed by atoms with Crippen molar-refractivity contribution in [2.45, 2.75) is 6.04 Å². The zero-order chi connectivity index (χ0) is 7.56. The van der Waals surface area contributed by atoms with Gasteiger partial charge in [-0.3, -0.25) is 14.4 Å². The normalized spacial score (nSPS) is 18.0. The van der Waals surface area contributed by atoms with Gasteiger partial charge < -0.3 is 5.32 Å². The summed E-state index contributed by atoms with van der Waals surface area (Å²) in [5.41, 5.74) is 0. The molecule has 0 saturated carbocycles. The fourth-order valence-corrected chi connectivity index (χ4v) is 0.729. The summed E-state index contributed by atoms with van der Waals surface area (Å²) in [4.78, 5) is 31.1. The van der Waals surface area contributed by atoms with Gasteiger partial charge in [0.25, 0.3) is 0 Å². The van der Waals surface area contributed by atoms with Gasteiger partial charge in [0, 0.05) is 0 Å². The van der Waals surface area contributed by atoms with Crippen molar-refractivity contribution < 1.29 is 14.4 Å². The molecule has 0 atom stereocenters. The molecule has 0 saturated heterocycles. The van der Waals surface area contributed by atoms with Gasteiger partial charge in [-0.1, -0.05) is 0 Å². The molecule has 4 heteroatoms. The lowest BCUT2D eigenvalue weighted by atomic mass is 10.2. The van der Waals surface area contributed by atoms with Gasteiger partial charge in [-0.15, -0.1) is 0 Å². The Morgan fingerprint density at radius 1 is 1.30 bits per heavy atom. The molecule has 0 unspecified atom stereocenters. The van der Waals surface area contributed by atoms with Crippen molar-refractivity contribution in [1.82, 2.24) is 5.32 Å². The molecular weight excluding hydrogens is 134 g/mol. The van der Waals surface area contributed by atoms with Crippen molar-refractivity contribution in [3.63, 3.8) is 0 Å². The summed E-state index contributed by atoms with van der Waals surface area (Å²) in [7, 11) is 0. The van der Waals surface area contributed by atoms with Crippen LogP contribution in [0.2, 0.25) is 0 Å². The molecule has 4 nitrogen and oxygen atoms in total. The molecule has 0 heterocycles. The number of hydrogen-bond donors (Lipinski definition) is 1. The highest BCUT2D eigenvalue weighted by Gasteiger charge is 2.26. The van der Waals surface area contributed by atoms with E-state index in [1.54, 1.807) is 0 Å². The van der Waals surface area contributed by atoms with Crippen LogP contribution in [0.15, 0.2) is 12.2 Å². The van der Waals surface area contributed by atoms with Gasteiger partial charge >= 0.3 is 0 Å². The van der Waals surface area contributed by atoms with Crippen molar-refractivity contribution in [1.29, 1.82) is 0 Å². The van der Waals surface area contributed by atoms with Crippen molar-refractivity contribution in [2.24, 2.45) is 0 Å². The Bertz CT molecular complexity index is 201. The minimum atomic E-state index is -0.961. The Morgan fingerprint density at radius 3 is 2.20 bits per heavy atom. The minimum absolute atomic E-state index is 0.341. The number of rotatable bonds is 2. The third-order valence-corrected chi connectivity index (χ3v) is 1.22. The smallest absolute Gasteiger partial charge is 0.208 e. The van der Waals surface area contributed by atoms with Crippen LogP contribution >= 0.6 is 0 Å². The first-order chi connectivity index (χ1) is 4.75. The second kappa shape index (κ2) is 2.43. The van der Waals surface area contributed by atoms with Crippen LogP contribution in [0.25, 0.3) is 0 Å². The summed E-state index contributed by atoms with van der Waals surface area (Å²) in [5, 5.41) is 2.10. The lowest BCUT2D eigenvalue weighted by Gasteiger charge is -2.01. The van der Waals surface area contributed by atoms with Gasteiger partial charge in [-0.25, -0.2) is 0 Å². The lowest BCUT2D eigenvalue weighted by molar-refractivity contribution is -0.126. The van der Waals surface area contributed by atoms with E-state index < -0.39 is 6.04 Å². The van der Waals surface area contributed by atoms with E-state index in [0.717, 1.165) is 12.2 Å². The van der Waals surface area contributed by atoms with Gasteiger partial charge in [-0.05, 0) is 12.2 Å². The molecule has 0 fully saturated rings. The predicted molar refractivity (Wildman–Crippen MR) is 32.1 cm³/mol. The fourth-order valence-electron chi connectivity index (χ4n) is 0.729. The number of amides is 1. The molecule has 0 spiro atoms. The van der Waals surface area contributed by atoms with Gasteiger partial charge in [-0.2, -0.15) is 0 Å². The van der Waals surface area contributed by atoms with Crippen molar-refractivity contribution in [3.8, 4) is 0 Å². The second-order valence-electron chi connectivity index (χ2n) is 1.86. The Morgan fingerprint density at radius 2 is 1.80 bits per heavy atom. The maximum atomic E-state index is 10.6. The Balaban J connectivity index is 2.69.